The second-order valence-corrected chi connectivity index (χ2v) is 5.60. The van der Waals surface area contributed by atoms with Crippen LogP contribution in [0.15, 0.2) is 53.1 Å². The molecule has 1 aromatic carbocycles. The fraction of sp³-hybridized carbons (Fsp3) is 0.222. The van der Waals surface area contributed by atoms with Crippen molar-refractivity contribution in [1.82, 2.24) is 15.3 Å². The summed E-state index contributed by atoms with van der Waals surface area (Å²) < 4.78 is 0. The Morgan fingerprint density at radius 3 is 2.71 bits per heavy atom. The molecule has 3 rings (SSSR count). The average Bonchev–Trinajstić information content (AvgIpc) is 2.95. The second kappa shape index (κ2) is 7.04. The van der Waals surface area contributed by atoms with Gasteiger partial charge in [0, 0.05) is 18.1 Å². The van der Waals surface area contributed by atoms with E-state index in [1.807, 2.05) is 30.3 Å². The Labute approximate surface area is 138 Å². The van der Waals surface area contributed by atoms with Crippen molar-refractivity contribution in [2.24, 2.45) is 0 Å². The van der Waals surface area contributed by atoms with E-state index in [-0.39, 0.29) is 30.2 Å². The first-order chi connectivity index (χ1) is 11.6. The van der Waals surface area contributed by atoms with E-state index in [4.69, 9.17) is 0 Å². The number of benzene rings is 1. The number of carbonyl (C=O) groups is 2. The van der Waals surface area contributed by atoms with E-state index < -0.39 is 0 Å². The van der Waals surface area contributed by atoms with Crippen molar-refractivity contribution in [3.05, 3.63) is 69.9 Å². The number of allylic oxidation sites excluding steroid dienone is 1. The van der Waals surface area contributed by atoms with Gasteiger partial charge in [-0.2, -0.15) is 0 Å². The predicted molar refractivity (Wildman–Crippen MR) is 88.9 cm³/mol. The normalized spacial score (nSPS) is 14.1. The van der Waals surface area contributed by atoms with Gasteiger partial charge in [-0.05, 0) is 17.6 Å². The maximum atomic E-state index is 12.2. The number of amides is 1. The number of ketones is 1. The van der Waals surface area contributed by atoms with Crippen LogP contribution in [-0.4, -0.2) is 21.7 Å². The van der Waals surface area contributed by atoms with Crippen LogP contribution < -0.4 is 10.9 Å². The summed E-state index contributed by atoms with van der Waals surface area (Å²) >= 11 is 0. The predicted octanol–water partition coefficient (Wildman–Crippen LogP) is 1.59. The number of nitrogens with zero attached hydrogens (tertiary/aromatic N) is 1. The van der Waals surface area contributed by atoms with Gasteiger partial charge in [-0.3, -0.25) is 14.4 Å². The minimum atomic E-state index is -0.269. The lowest BCUT2D eigenvalue weighted by Crippen LogP contribution is -2.25. The van der Waals surface area contributed by atoms with Gasteiger partial charge in [-0.1, -0.05) is 30.3 Å². The summed E-state index contributed by atoms with van der Waals surface area (Å²) in [7, 11) is 0. The Morgan fingerprint density at radius 1 is 1.17 bits per heavy atom. The van der Waals surface area contributed by atoms with E-state index in [0.29, 0.717) is 24.1 Å². The van der Waals surface area contributed by atoms with Gasteiger partial charge >= 0.3 is 0 Å². The summed E-state index contributed by atoms with van der Waals surface area (Å²) in [5, 5.41) is 2.71. The van der Waals surface area contributed by atoms with Gasteiger partial charge in [0.2, 0.25) is 5.91 Å². The zero-order valence-corrected chi connectivity index (χ0v) is 13.0. The van der Waals surface area contributed by atoms with E-state index >= 15 is 0 Å². The van der Waals surface area contributed by atoms with Crippen molar-refractivity contribution in [2.45, 2.75) is 25.8 Å². The fourth-order valence-corrected chi connectivity index (χ4v) is 2.79. The lowest BCUT2D eigenvalue weighted by Gasteiger charge is -2.08. The minimum Gasteiger partial charge on any atom is -0.350 e. The molecule has 6 heteroatoms. The van der Waals surface area contributed by atoms with Gasteiger partial charge in [0.05, 0.1) is 25.0 Å². The van der Waals surface area contributed by atoms with Gasteiger partial charge in [-0.25, -0.2) is 4.98 Å². The molecule has 1 aromatic heterocycles. The molecule has 0 radical (unpaired) electrons. The third-order valence-corrected chi connectivity index (χ3v) is 3.96. The second-order valence-electron chi connectivity index (χ2n) is 5.60. The Kier molecular flexibility index (Phi) is 4.65. The van der Waals surface area contributed by atoms with Gasteiger partial charge in [0.25, 0.3) is 5.56 Å². The van der Waals surface area contributed by atoms with Crippen molar-refractivity contribution in [3.8, 4) is 0 Å². The number of hydrogen-bond donors (Lipinski definition) is 2. The summed E-state index contributed by atoms with van der Waals surface area (Å²) in [4.78, 5) is 41.9. The molecule has 2 N–H and O–H groups in total. The summed E-state index contributed by atoms with van der Waals surface area (Å²) in [6.45, 7) is 0.158. The highest BCUT2D eigenvalue weighted by molar-refractivity contribution is 6.10. The van der Waals surface area contributed by atoms with Crippen LogP contribution in [0.1, 0.15) is 30.5 Å². The van der Waals surface area contributed by atoms with Gasteiger partial charge < -0.3 is 10.3 Å². The standard InChI is InChI=1S/C18H17N3O3/c22-16-7-6-14(12-4-2-1-3-5-12)15(16)9-18(24)19-10-13-8-17(23)21-11-20-13/h1-5,8,11H,6-7,9-10H2,(H,19,24)(H,20,21,23). The molecule has 0 saturated carbocycles. The van der Waals surface area contributed by atoms with Crippen LogP contribution in [0.4, 0.5) is 0 Å². The number of H-pyrrole nitrogens is 1. The molecular formula is C18H17N3O3. The van der Waals surface area contributed by atoms with Crippen molar-refractivity contribution in [2.75, 3.05) is 0 Å². The Morgan fingerprint density at radius 2 is 1.96 bits per heavy atom. The summed E-state index contributed by atoms with van der Waals surface area (Å²) in [6.07, 6.45) is 2.45. The van der Waals surface area contributed by atoms with E-state index in [9.17, 15) is 14.4 Å². The molecule has 0 fully saturated rings. The van der Waals surface area contributed by atoms with Crippen LogP contribution in [0.3, 0.4) is 0 Å². The number of carbonyl (C=O) groups excluding carboxylic acids is 2. The highest BCUT2D eigenvalue weighted by Gasteiger charge is 2.25. The molecule has 1 amide bonds. The SMILES string of the molecule is O=C(CC1=C(c2ccccc2)CCC1=O)NCc1cc(=O)[nH]cn1. The third-order valence-electron chi connectivity index (χ3n) is 3.96. The third kappa shape index (κ3) is 3.65. The van der Waals surface area contributed by atoms with Crippen LogP contribution in [0.25, 0.3) is 5.57 Å². The maximum Gasteiger partial charge on any atom is 0.250 e. The van der Waals surface area contributed by atoms with Crippen molar-refractivity contribution in [1.29, 1.82) is 0 Å². The van der Waals surface area contributed by atoms with E-state index in [1.165, 1.54) is 12.4 Å². The lowest BCUT2D eigenvalue weighted by molar-refractivity contribution is -0.122. The largest absolute Gasteiger partial charge is 0.350 e. The van der Waals surface area contributed by atoms with Crippen molar-refractivity contribution >= 4 is 17.3 Å². The number of nitrogens with one attached hydrogen (secondary N) is 2. The summed E-state index contributed by atoms with van der Waals surface area (Å²) in [6, 6.07) is 11.0. The van der Waals surface area contributed by atoms with E-state index in [2.05, 4.69) is 15.3 Å². The molecule has 122 valence electrons. The highest BCUT2D eigenvalue weighted by Crippen LogP contribution is 2.33. The molecule has 1 aliphatic carbocycles. The van der Waals surface area contributed by atoms with Crippen molar-refractivity contribution < 1.29 is 9.59 Å². The molecule has 1 heterocycles. The molecular weight excluding hydrogens is 306 g/mol. The average molecular weight is 323 g/mol. The van der Waals surface area contributed by atoms with Gasteiger partial charge in [0.15, 0.2) is 5.78 Å². The smallest absolute Gasteiger partial charge is 0.250 e. The Hall–Kier alpha value is -3.02. The summed E-state index contributed by atoms with van der Waals surface area (Å²) in [5.41, 5.74) is 2.72. The van der Waals surface area contributed by atoms with Gasteiger partial charge in [-0.15, -0.1) is 0 Å². The zero-order chi connectivity index (χ0) is 16.9. The fourth-order valence-electron chi connectivity index (χ4n) is 2.79. The van der Waals surface area contributed by atoms with Crippen molar-refractivity contribution in [3.63, 3.8) is 0 Å². The summed E-state index contributed by atoms with van der Waals surface area (Å²) in [5.74, 6) is -0.228. The molecule has 2 aromatic rings. The molecule has 24 heavy (non-hydrogen) atoms. The number of Topliss-reactive ketones (excluding diaryl/α,β-unsaturated/α-hetero) is 1. The zero-order valence-electron chi connectivity index (χ0n) is 13.0. The molecule has 1 aliphatic rings. The number of aromatic amines is 1. The maximum absolute atomic E-state index is 12.2. The molecule has 0 atom stereocenters. The van der Waals surface area contributed by atoms with Crippen LogP contribution >= 0.6 is 0 Å². The molecule has 0 spiro atoms. The first kappa shape index (κ1) is 15.9. The van der Waals surface area contributed by atoms with E-state index in [1.54, 1.807) is 0 Å². The quantitative estimate of drug-likeness (QED) is 0.874. The number of rotatable bonds is 5. The number of aromatic nitrogens is 2. The monoisotopic (exact) mass is 323 g/mol. The lowest BCUT2D eigenvalue weighted by atomic mass is 10.00. The van der Waals surface area contributed by atoms with Crippen LogP contribution in [0.2, 0.25) is 0 Å². The van der Waals surface area contributed by atoms with Gasteiger partial charge in [0.1, 0.15) is 0 Å². The minimum absolute atomic E-state index is 0.0262. The van der Waals surface area contributed by atoms with Crippen LogP contribution in [0.5, 0.6) is 0 Å². The highest BCUT2D eigenvalue weighted by atomic mass is 16.2. The first-order valence-electron chi connectivity index (χ1n) is 7.74. The molecule has 0 unspecified atom stereocenters. The van der Waals surface area contributed by atoms with Crippen LogP contribution in [-0.2, 0) is 16.1 Å². The number of hydrogen-bond acceptors (Lipinski definition) is 4. The molecule has 0 bridgehead atoms. The van der Waals surface area contributed by atoms with E-state index in [0.717, 1.165) is 11.1 Å². The topological polar surface area (TPSA) is 91.9 Å². The first-order valence-corrected chi connectivity index (χ1v) is 7.74. The molecule has 0 aliphatic heterocycles. The molecule has 6 nitrogen and oxygen atoms in total. The molecule has 0 saturated heterocycles. The Bertz CT molecular complexity index is 853. The Balaban J connectivity index is 1.70. The van der Waals surface area contributed by atoms with Crippen LogP contribution in [0, 0.1) is 0 Å².